The normalized spacial score (nSPS) is 22.8. The first-order valence-electron chi connectivity index (χ1n) is 8.03. The Hall–Kier alpha value is -1.39. The van der Waals surface area contributed by atoms with E-state index in [1.165, 1.54) is 23.7 Å². The van der Waals surface area contributed by atoms with E-state index >= 15 is 0 Å². The molecule has 0 radical (unpaired) electrons. The van der Waals surface area contributed by atoms with Crippen molar-refractivity contribution in [3.63, 3.8) is 0 Å². The van der Waals surface area contributed by atoms with Crippen molar-refractivity contribution in [2.24, 2.45) is 7.05 Å². The molecule has 0 saturated heterocycles. The molecule has 0 amide bonds. The topological polar surface area (TPSA) is 39.1 Å². The Morgan fingerprint density at radius 3 is 2.76 bits per heavy atom. The van der Waals surface area contributed by atoms with Crippen LogP contribution in [0.2, 0.25) is 0 Å². The minimum absolute atomic E-state index is 0.390. The van der Waals surface area contributed by atoms with E-state index in [0.29, 0.717) is 18.8 Å². The smallest absolute Gasteiger partial charge is 0.0960 e. The first-order chi connectivity index (χ1) is 10.3. The number of ether oxygens (including phenoxy) is 1. The number of rotatable bonds is 5. The minimum Gasteiger partial charge on any atom is -0.372 e. The molecule has 4 heteroatoms. The molecule has 1 saturated carbocycles. The van der Waals surface area contributed by atoms with Crippen LogP contribution >= 0.6 is 0 Å². The molecular weight excluding hydrogens is 262 g/mol. The second kappa shape index (κ2) is 6.58. The van der Waals surface area contributed by atoms with Gasteiger partial charge in [0, 0.05) is 18.5 Å². The summed E-state index contributed by atoms with van der Waals surface area (Å²) in [6, 6.07) is 9.04. The zero-order chi connectivity index (χ0) is 14.7. The molecule has 0 bridgehead atoms. The average Bonchev–Trinajstić information content (AvgIpc) is 2.84. The van der Waals surface area contributed by atoms with Crippen molar-refractivity contribution in [2.45, 2.75) is 51.4 Å². The van der Waals surface area contributed by atoms with Crippen molar-refractivity contribution in [3.05, 3.63) is 30.0 Å². The van der Waals surface area contributed by atoms with Gasteiger partial charge in [-0.15, -0.1) is 0 Å². The molecule has 4 nitrogen and oxygen atoms in total. The second-order valence-electron chi connectivity index (χ2n) is 5.93. The van der Waals surface area contributed by atoms with E-state index in [1.807, 2.05) is 11.7 Å². The fraction of sp³-hybridized carbons (Fsp3) is 0.588. The predicted octanol–water partition coefficient (Wildman–Crippen LogP) is 3.01. The molecule has 0 aliphatic heterocycles. The van der Waals surface area contributed by atoms with Gasteiger partial charge in [-0.05, 0) is 38.3 Å². The number of nitrogens with one attached hydrogen (secondary N) is 1. The molecule has 0 atom stereocenters. The molecule has 21 heavy (non-hydrogen) atoms. The predicted molar refractivity (Wildman–Crippen MR) is 85.2 cm³/mol. The van der Waals surface area contributed by atoms with Crippen molar-refractivity contribution in [2.75, 3.05) is 6.54 Å². The van der Waals surface area contributed by atoms with Gasteiger partial charge in [0.1, 0.15) is 0 Å². The number of nitrogens with zero attached hydrogens (tertiary/aromatic N) is 2. The fourth-order valence-corrected chi connectivity index (χ4v) is 3.31. The second-order valence-corrected chi connectivity index (χ2v) is 5.93. The van der Waals surface area contributed by atoms with Crippen LogP contribution in [0.25, 0.3) is 10.9 Å². The van der Waals surface area contributed by atoms with Crippen LogP contribution in [-0.2, 0) is 18.4 Å². The van der Waals surface area contributed by atoms with Crippen molar-refractivity contribution < 1.29 is 4.74 Å². The maximum atomic E-state index is 6.11. The molecular formula is C17H25N3O. The van der Waals surface area contributed by atoms with Gasteiger partial charge in [0.15, 0.2) is 0 Å². The van der Waals surface area contributed by atoms with Gasteiger partial charge < -0.3 is 10.1 Å². The van der Waals surface area contributed by atoms with E-state index in [1.54, 1.807) is 0 Å². The van der Waals surface area contributed by atoms with E-state index in [-0.39, 0.29) is 0 Å². The van der Waals surface area contributed by atoms with Gasteiger partial charge in [-0.1, -0.05) is 25.1 Å². The highest BCUT2D eigenvalue weighted by Crippen LogP contribution is 2.24. The Labute approximate surface area is 126 Å². The number of aromatic nitrogens is 2. The molecule has 0 spiro atoms. The summed E-state index contributed by atoms with van der Waals surface area (Å²) in [6.07, 6.45) is 5.15. The summed E-state index contributed by atoms with van der Waals surface area (Å²) in [6.45, 7) is 3.86. The van der Waals surface area contributed by atoms with E-state index < -0.39 is 0 Å². The van der Waals surface area contributed by atoms with Crippen LogP contribution in [0.1, 0.15) is 38.3 Å². The zero-order valence-corrected chi connectivity index (χ0v) is 13.0. The molecule has 1 N–H and O–H groups in total. The molecule has 114 valence electrons. The monoisotopic (exact) mass is 287 g/mol. The van der Waals surface area contributed by atoms with E-state index in [2.05, 4.69) is 41.6 Å². The van der Waals surface area contributed by atoms with E-state index in [4.69, 9.17) is 4.74 Å². The Morgan fingerprint density at radius 1 is 1.24 bits per heavy atom. The number of hydrogen-bond acceptors (Lipinski definition) is 3. The molecule has 0 unspecified atom stereocenters. The summed E-state index contributed by atoms with van der Waals surface area (Å²) >= 11 is 0. The third-order valence-corrected chi connectivity index (χ3v) is 4.46. The van der Waals surface area contributed by atoms with Gasteiger partial charge in [-0.2, -0.15) is 5.10 Å². The van der Waals surface area contributed by atoms with Crippen LogP contribution in [-0.4, -0.2) is 28.5 Å². The fourth-order valence-electron chi connectivity index (χ4n) is 3.31. The maximum absolute atomic E-state index is 6.11. The largest absolute Gasteiger partial charge is 0.372 e. The molecule has 1 aromatic carbocycles. The molecule has 1 fully saturated rings. The number of benzene rings is 1. The molecule has 3 rings (SSSR count). The highest BCUT2D eigenvalue weighted by molar-refractivity contribution is 5.81. The van der Waals surface area contributed by atoms with Crippen LogP contribution in [0, 0.1) is 0 Å². The highest BCUT2D eigenvalue weighted by atomic mass is 16.5. The van der Waals surface area contributed by atoms with Crippen molar-refractivity contribution in [1.29, 1.82) is 0 Å². The van der Waals surface area contributed by atoms with Crippen LogP contribution in [0.3, 0.4) is 0 Å². The lowest BCUT2D eigenvalue weighted by Gasteiger charge is -2.28. The van der Waals surface area contributed by atoms with Gasteiger partial charge in [-0.3, -0.25) is 4.68 Å². The van der Waals surface area contributed by atoms with Crippen molar-refractivity contribution >= 4 is 10.9 Å². The maximum Gasteiger partial charge on any atom is 0.0960 e. The van der Waals surface area contributed by atoms with Gasteiger partial charge in [-0.25, -0.2) is 0 Å². The third kappa shape index (κ3) is 3.27. The first kappa shape index (κ1) is 14.5. The molecule has 1 aliphatic carbocycles. The van der Waals surface area contributed by atoms with Crippen molar-refractivity contribution in [3.8, 4) is 0 Å². The molecule has 1 aliphatic rings. The van der Waals surface area contributed by atoms with Gasteiger partial charge in [0.05, 0.1) is 23.9 Å². The summed E-state index contributed by atoms with van der Waals surface area (Å²) in [5, 5.41) is 9.34. The average molecular weight is 287 g/mol. The van der Waals surface area contributed by atoms with Crippen LogP contribution in [0.5, 0.6) is 0 Å². The summed E-state index contributed by atoms with van der Waals surface area (Å²) in [5.41, 5.74) is 2.23. The Bertz CT molecular complexity index is 585. The molecule has 1 aromatic heterocycles. The summed E-state index contributed by atoms with van der Waals surface area (Å²) in [4.78, 5) is 0. The standard InChI is InChI=1S/C17H25N3O/c1-3-18-13-8-10-14(11-9-13)21-12-16-15-6-4-5-7-17(15)20(2)19-16/h4-7,13-14,18H,3,8-12H2,1-2H3. The molecule has 1 heterocycles. The van der Waals surface area contributed by atoms with Gasteiger partial charge in [0.25, 0.3) is 0 Å². The third-order valence-electron chi connectivity index (χ3n) is 4.46. The van der Waals surface area contributed by atoms with Gasteiger partial charge >= 0.3 is 0 Å². The van der Waals surface area contributed by atoms with Crippen molar-refractivity contribution in [1.82, 2.24) is 15.1 Å². The number of hydrogen-bond donors (Lipinski definition) is 1. The van der Waals surface area contributed by atoms with E-state index in [9.17, 15) is 0 Å². The summed E-state index contributed by atoms with van der Waals surface area (Å²) in [5.74, 6) is 0. The van der Waals surface area contributed by atoms with Gasteiger partial charge in [0.2, 0.25) is 0 Å². The lowest BCUT2D eigenvalue weighted by molar-refractivity contribution is 0.0102. The number of aryl methyl sites for hydroxylation is 1. The summed E-state index contributed by atoms with van der Waals surface area (Å²) in [7, 11) is 1.99. The van der Waals surface area contributed by atoms with Crippen LogP contribution in [0.4, 0.5) is 0 Å². The Morgan fingerprint density at radius 2 is 2.00 bits per heavy atom. The van der Waals surface area contributed by atoms with Crippen LogP contribution in [0.15, 0.2) is 24.3 Å². The Balaban J connectivity index is 1.58. The Kier molecular flexibility index (Phi) is 4.56. The molecule has 2 aromatic rings. The minimum atomic E-state index is 0.390. The zero-order valence-electron chi connectivity index (χ0n) is 13.0. The number of para-hydroxylation sites is 1. The SMILES string of the molecule is CCNC1CCC(OCc2nn(C)c3ccccc23)CC1. The number of fused-ring (bicyclic) bond motifs is 1. The van der Waals surface area contributed by atoms with E-state index in [0.717, 1.165) is 25.1 Å². The first-order valence-corrected chi connectivity index (χ1v) is 8.03. The lowest BCUT2D eigenvalue weighted by Crippen LogP contribution is -2.35. The quantitative estimate of drug-likeness (QED) is 0.919. The lowest BCUT2D eigenvalue weighted by atomic mass is 9.93. The summed E-state index contributed by atoms with van der Waals surface area (Å²) < 4.78 is 8.05. The van der Waals surface area contributed by atoms with Crippen LogP contribution < -0.4 is 5.32 Å². The highest BCUT2D eigenvalue weighted by Gasteiger charge is 2.21.